The first-order valence-corrected chi connectivity index (χ1v) is 0. The fourth-order valence-electron chi connectivity index (χ4n) is 0. The van der Waals surface area contributed by atoms with Crippen LogP contribution in [0.5, 0.6) is 0 Å². The maximum atomic E-state index is 0. The minimum absolute atomic E-state index is 0. The first-order chi connectivity index (χ1) is 0. The fraction of sp³-hybridized carbons (Fsp3) is 0. The summed E-state index contributed by atoms with van der Waals surface area (Å²) in [6.45, 7) is 0. The van der Waals surface area contributed by atoms with Crippen molar-refractivity contribution in [3.8, 4) is 0 Å². The molecule has 0 aromatic carbocycles. The molecule has 0 spiro atoms. The van der Waals surface area contributed by atoms with Gasteiger partial charge < -0.3 is 25.8 Å². The van der Waals surface area contributed by atoms with Crippen molar-refractivity contribution in [2.45, 2.75) is 0 Å². The van der Waals surface area contributed by atoms with E-state index in [1.807, 2.05) is 0 Å². The maximum Gasteiger partial charge on any atom is 0 e. The van der Waals surface area contributed by atoms with Crippen molar-refractivity contribution in [3.05, 3.63) is 14.9 Å². The molecule has 3 heteroatoms. The molecule has 2 nitrogen and oxygen atoms in total. The van der Waals surface area contributed by atoms with Gasteiger partial charge in [0.2, 0.25) is 0 Å². The summed E-state index contributed by atoms with van der Waals surface area (Å²) in [6, 6.07) is 0. The van der Waals surface area contributed by atoms with Gasteiger partial charge in [-0.1, -0.05) is 0 Å². The molecule has 0 aromatic heterocycles. The monoisotopic (exact) mass is 246 g/mol. The Hall–Kier alpha value is 0.790. The molecule has 0 saturated heterocycles. The molecule has 36 valence electrons. The van der Waals surface area contributed by atoms with E-state index < -0.39 is 0 Å². The molecule has 0 saturated carbocycles. The van der Waals surface area contributed by atoms with Crippen LogP contribution in [0, 0.1) is 14.9 Å². The van der Waals surface area contributed by atoms with Crippen LogP contribution in [0.15, 0.2) is 0 Å². The van der Waals surface area contributed by atoms with Crippen molar-refractivity contribution in [2.75, 3.05) is 0 Å². The zero-order valence-corrected chi connectivity index (χ0v) is 7.09. The molecule has 0 aromatic rings. The smallest absolute Gasteiger partial charge is 0 e. The third-order valence-electron chi connectivity index (χ3n) is 0. The van der Waals surface area contributed by atoms with Gasteiger partial charge in [-0.3, -0.25) is 0 Å². The van der Waals surface area contributed by atoms with Gasteiger partial charge in [-0.25, -0.2) is 0 Å². The second-order valence-corrected chi connectivity index (χ2v) is 0. The van der Waals surface area contributed by atoms with Gasteiger partial charge in [0.25, 0.3) is 0 Å². The molecule has 0 aliphatic heterocycles. The zero-order chi connectivity index (χ0) is 0. The van der Waals surface area contributed by atoms with Gasteiger partial charge in [0, 0.05) is 25.8 Å². The van der Waals surface area contributed by atoms with E-state index in [4.69, 9.17) is 0 Å². The van der Waals surface area contributed by atoms with Gasteiger partial charge >= 0.3 is 0 Å². The van der Waals surface area contributed by atoms with E-state index in [2.05, 4.69) is 0 Å². The Morgan fingerprint density at radius 2 is 0.600 bits per heavy atom. The van der Waals surface area contributed by atoms with Crippen LogP contribution in [0.1, 0.15) is 0 Å². The predicted molar refractivity (Wildman–Crippen MR) is 20.1 cm³/mol. The summed E-state index contributed by atoms with van der Waals surface area (Å²) in [5, 5.41) is 0. The number of hydrogen-bond acceptors (Lipinski definition) is 0. The first kappa shape index (κ1) is 213. The summed E-state index contributed by atoms with van der Waals surface area (Å²) in [4.78, 5) is 0. The van der Waals surface area contributed by atoms with Crippen LogP contribution in [0.4, 0.5) is 0 Å². The van der Waals surface area contributed by atoms with Crippen LogP contribution < -0.4 is 0 Å². The van der Waals surface area contributed by atoms with Gasteiger partial charge in [0.15, 0.2) is 0 Å². The van der Waals surface area contributed by atoms with Crippen molar-refractivity contribution in [1.29, 1.82) is 0 Å². The average Bonchev–Trinajstić information content (AvgIpc) is 0. The molecule has 0 aliphatic rings. The van der Waals surface area contributed by atoms with Gasteiger partial charge in [-0.05, 0) is 0 Å². The standard InChI is InChI=1S/2CH3.Hf.2H2O/h2*1H3;;2*1H2/q2*-1;;;. The van der Waals surface area contributed by atoms with Crippen molar-refractivity contribution in [2.24, 2.45) is 0 Å². The topological polar surface area (TPSA) is 63.0 Å². The van der Waals surface area contributed by atoms with Gasteiger partial charge in [-0.2, -0.15) is 0 Å². The van der Waals surface area contributed by atoms with Crippen LogP contribution in [0.2, 0.25) is 0 Å². The van der Waals surface area contributed by atoms with E-state index in [1.54, 1.807) is 0 Å². The molecule has 4 N–H and O–H groups in total. The van der Waals surface area contributed by atoms with Crippen LogP contribution >= 0.6 is 0 Å². The SMILES string of the molecule is O.O.[CH3-].[CH3-].[Hf]. The van der Waals surface area contributed by atoms with E-state index in [9.17, 15) is 0 Å². The summed E-state index contributed by atoms with van der Waals surface area (Å²) >= 11 is 0. The minimum Gasteiger partial charge on any atom is -0.412 e. The fourth-order valence-corrected chi connectivity index (χ4v) is 0. The molecule has 0 rings (SSSR count). The molecule has 0 bridgehead atoms. The molecular weight excluding hydrogens is 235 g/mol. The van der Waals surface area contributed by atoms with Crippen LogP contribution in [0.25, 0.3) is 0 Å². The Kier molecular flexibility index (Phi) is 4690. The second kappa shape index (κ2) is 110. The van der Waals surface area contributed by atoms with Gasteiger partial charge in [0.05, 0.1) is 0 Å². The summed E-state index contributed by atoms with van der Waals surface area (Å²) in [5.74, 6) is 0. The summed E-state index contributed by atoms with van der Waals surface area (Å²) in [6.07, 6.45) is 0. The molecule has 5 heavy (non-hydrogen) atoms. The molecule has 0 radical (unpaired) electrons. The zero-order valence-electron chi connectivity index (χ0n) is 3.50. The van der Waals surface area contributed by atoms with Crippen molar-refractivity contribution >= 4 is 0 Å². The number of rotatable bonds is 0. The third kappa shape index (κ3) is 59.7. The molecule has 0 fully saturated rings. The Labute approximate surface area is 52.0 Å². The predicted octanol–water partition coefficient (Wildman–Crippen LogP) is -0.751. The van der Waals surface area contributed by atoms with E-state index in [1.165, 1.54) is 0 Å². The van der Waals surface area contributed by atoms with Crippen molar-refractivity contribution in [1.82, 2.24) is 0 Å². The van der Waals surface area contributed by atoms with Crippen LogP contribution in [0.3, 0.4) is 0 Å². The Bertz CT molecular complexity index is 7.61. The van der Waals surface area contributed by atoms with Crippen LogP contribution in [-0.4, -0.2) is 11.0 Å². The molecule has 0 aliphatic carbocycles. The minimum atomic E-state index is 0. The van der Waals surface area contributed by atoms with Crippen LogP contribution in [-0.2, 0) is 25.8 Å². The summed E-state index contributed by atoms with van der Waals surface area (Å²) < 4.78 is 0. The van der Waals surface area contributed by atoms with E-state index in [0.29, 0.717) is 0 Å². The largest absolute Gasteiger partial charge is 0.412 e. The first-order valence-electron chi connectivity index (χ1n) is 0. The summed E-state index contributed by atoms with van der Waals surface area (Å²) in [5.41, 5.74) is 0. The third-order valence-corrected chi connectivity index (χ3v) is 0. The van der Waals surface area contributed by atoms with E-state index in [-0.39, 0.29) is 51.6 Å². The molecule has 0 amide bonds. The van der Waals surface area contributed by atoms with Crippen molar-refractivity contribution < 1.29 is 36.8 Å². The molecule has 0 heterocycles. The van der Waals surface area contributed by atoms with E-state index >= 15 is 0 Å². The maximum absolute atomic E-state index is 0. The normalized spacial score (nSPS) is 0. The summed E-state index contributed by atoms with van der Waals surface area (Å²) in [7, 11) is 0. The Morgan fingerprint density at radius 1 is 0.600 bits per heavy atom. The number of hydrogen-bond donors (Lipinski definition) is 0. The molecule has 0 atom stereocenters. The van der Waals surface area contributed by atoms with Gasteiger partial charge in [-0.15, -0.1) is 0 Å². The Balaban J connectivity index is 0. The molecular formula is C2H10HfO2-2. The van der Waals surface area contributed by atoms with Crippen molar-refractivity contribution in [3.63, 3.8) is 0 Å². The quantitative estimate of drug-likeness (QED) is 0.398. The second-order valence-electron chi connectivity index (χ2n) is 0. The van der Waals surface area contributed by atoms with E-state index in [0.717, 1.165) is 0 Å². The molecule has 0 unspecified atom stereocenters. The average molecular weight is 245 g/mol. The van der Waals surface area contributed by atoms with Gasteiger partial charge in [0.1, 0.15) is 0 Å². The Morgan fingerprint density at radius 3 is 0.600 bits per heavy atom.